The van der Waals surface area contributed by atoms with Gasteiger partial charge in [0.1, 0.15) is 6.17 Å². The monoisotopic (exact) mass is 385 g/mol. The van der Waals surface area contributed by atoms with Gasteiger partial charge in [-0.3, -0.25) is 0 Å². The van der Waals surface area contributed by atoms with E-state index < -0.39 is 5.89 Å². The van der Waals surface area contributed by atoms with Crippen LogP contribution in [-0.2, 0) is 0 Å². The van der Waals surface area contributed by atoms with Crippen molar-refractivity contribution in [1.82, 2.24) is 4.90 Å². The number of hydrogen-bond acceptors (Lipinski definition) is 2. The SMILES string of the molecule is [2H]C1(C2CCCC2)C=CN2C1=C(C)N(c1ccccc1C)C2c1c(C)cccc1C. The first-order chi connectivity index (χ1) is 14.4. The number of allylic oxidation sites excluding steroid dienone is 2. The Hall–Kier alpha value is -2.48. The molecule has 0 saturated heterocycles. The Bertz CT molecular complexity index is 1030. The molecule has 2 heterocycles. The van der Waals surface area contributed by atoms with Crippen LogP contribution in [0, 0.1) is 32.6 Å². The van der Waals surface area contributed by atoms with Crippen LogP contribution in [0.15, 0.2) is 66.1 Å². The zero-order valence-electron chi connectivity index (χ0n) is 19.1. The topological polar surface area (TPSA) is 6.48 Å². The predicted molar refractivity (Wildman–Crippen MR) is 121 cm³/mol. The summed E-state index contributed by atoms with van der Waals surface area (Å²) >= 11 is 0. The molecule has 150 valence electrons. The molecule has 0 amide bonds. The van der Waals surface area contributed by atoms with Gasteiger partial charge in [-0.25, -0.2) is 0 Å². The van der Waals surface area contributed by atoms with Gasteiger partial charge in [0.2, 0.25) is 0 Å². The quantitative estimate of drug-likeness (QED) is 0.561. The molecule has 0 bridgehead atoms. The van der Waals surface area contributed by atoms with E-state index in [1.54, 1.807) is 0 Å². The molecular formula is C27H32N2. The first-order valence-corrected chi connectivity index (χ1v) is 11.0. The minimum atomic E-state index is -0.618. The number of aryl methyl sites for hydroxylation is 3. The van der Waals surface area contributed by atoms with Gasteiger partial charge in [0, 0.05) is 36.1 Å². The van der Waals surface area contributed by atoms with Crippen molar-refractivity contribution in [1.29, 1.82) is 0 Å². The van der Waals surface area contributed by atoms with Crippen LogP contribution >= 0.6 is 0 Å². The second kappa shape index (κ2) is 7.09. The minimum Gasteiger partial charge on any atom is -0.324 e. The van der Waals surface area contributed by atoms with E-state index in [2.05, 4.69) is 92.2 Å². The summed E-state index contributed by atoms with van der Waals surface area (Å²) < 4.78 is 9.59. The van der Waals surface area contributed by atoms with Crippen LogP contribution in [0.4, 0.5) is 5.69 Å². The Balaban J connectivity index is 1.72. The lowest BCUT2D eigenvalue weighted by molar-refractivity contribution is 0.345. The van der Waals surface area contributed by atoms with E-state index in [0.29, 0.717) is 5.92 Å². The molecule has 0 aromatic heterocycles. The number of benzene rings is 2. The summed E-state index contributed by atoms with van der Waals surface area (Å²) in [6.45, 7) is 8.86. The summed E-state index contributed by atoms with van der Waals surface area (Å²) in [6.07, 6.45) is 9.29. The van der Waals surface area contributed by atoms with E-state index in [0.717, 1.165) is 12.8 Å². The molecule has 2 unspecified atom stereocenters. The Morgan fingerprint density at radius 3 is 2.21 bits per heavy atom. The van der Waals surface area contributed by atoms with E-state index in [1.807, 2.05) is 0 Å². The average molecular weight is 386 g/mol. The molecule has 2 aromatic carbocycles. The Morgan fingerprint density at radius 1 is 0.862 bits per heavy atom. The van der Waals surface area contributed by atoms with E-state index in [4.69, 9.17) is 0 Å². The van der Waals surface area contributed by atoms with Gasteiger partial charge in [-0.2, -0.15) is 0 Å². The molecule has 0 radical (unpaired) electrons. The fraction of sp³-hybridized carbons (Fsp3) is 0.407. The van der Waals surface area contributed by atoms with Crippen LogP contribution in [0.1, 0.15) is 62.4 Å². The highest BCUT2D eigenvalue weighted by Crippen LogP contribution is 2.52. The largest absolute Gasteiger partial charge is 0.324 e. The smallest absolute Gasteiger partial charge is 0.136 e. The lowest BCUT2D eigenvalue weighted by atomic mass is 9.88. The second-order valence-corrected chi connectivity index (χ2v) is 8.93. The number of para-hydroxylation sites is 1. The summed E-state index contributed by atoms with van der Waals surface area (Å²) in [5.41, 5.74) is 8.90. The zero-order valence-corrected chi connectivity index (χ0v) is 18.1. The lowest BCUT2D eigenvalue weighted by Gasteiger charge is -2.35. The van der Waals surface area contributed by atoms with E-state index in [-0.39, 0.29) is 6.17 Å². The van der Waals surface area contributed by atoms with Crippen molar-refractivity contribution in [3.63, 3.8) is 0 Å². The summed E-state index contributed by atoms with van der Waals surface area (Å²) in [4.78, 5) is 4.89. The fourth-order valence-electron chi connectivity index (χ4n) is 5.70. The molecule has 2 nitrogen and oxygen atoms in total. The summed E-state index contributed by atoms with van der Waals surface area (Å²) in [5.74, 6) is -0.202. The Kier molecular flexibility index (Phi) is 4.25. The van der Waals surface area contributed by atoms with Crippen LogP contribution in [0.25, 0.3) is 0 Å². The molecule has 2 aromatic rings. The Labute approximate surface area is 176 Å². The molecule has 3 aliphatic rings. The van der Waals surface area contributed by atoms with Crippen molar-refractivity contribution in [2.24, 2.45) is 11.8 Å². The third kappa shape index (κ3) is 2.84. The molecule has 0 spiro atoms. The first kappa shape index (κ1) is 17.4. The number of anilines is 1. The van der Waals surface area contributed by atoms with Crippen molar-refractivity contribution in [3.8, 4) is 0 Å². The third-order valence-corrected chi connectivity index (χ3v) is 7.13. The molecule has 1 fully saturated rings. The molecule has 1 saturated carbocycles. The normalized spacial score (nSPS) is 27.2. The molecular weight excluding hydrogens is 352 g/mol. The van der Waals surface area contributed by atoms with Crippen LogP contribution in [0.5, 0.6) is 0 Å². The molecule has 2 heteroatoms. The van der Waals surface area contributed by atoms with Crippen LogP contribution in [0.3, 0.4) is 0 Å². The van der Waals surface area contributed by atoms with Gasteiger partial charge in [-0.05, 0) is 69.2 Å². The van der Waals surface area contributed by atoms with Crippen molar-refractivity contribution in [2.45, 2.75) is 59.5 Å². The first-order valence-electron chi connectivity index (χ1n) is 11.5. The number of rotatable bonds is 3. The maximum Gasteiger partial charge on any atom is 0.136 e. The molecule has 5 rings (SSSR count). The Morgan fingerprint density at radius 2 is 1.52 bits per heavy atom. The fourth-order valence-corrected chi connectivity index (χ4v) is 5.70. The molecule has 29 heavy (non-hydrogen) atoms. The highest BCUT2D eigenvalue weighted by molar-refractivity contribution is 5.64. The van der Waals surface area contributed by atoms with Crippen molar-refractivity contribution in [2.75, 3.05) is 4.90 Å². The standard InChI is InChI=1S/C27H32N2/c1-18-10-5-8-15-24(18)29-21(4)26-23(22-13-6-7-14-22)16-17-28(26)27(29)25-19(2)11-9-12-20(25)3/h5,8-12,15-17,22-23,27H,6-7,13-14H2,1-4H3/i23D. The number of nitrogens with zero attached hydrogens (tertiary/aromatic N) is 2. The number of fused-ring (bicyclic) bond motifs is 1. The zero-order chi connectivity index (χ0) is 21.0. The highest BCUT2D eigenvalue weighted by atomic mass is 15.4. The maximum absolute atomic E-state index is 9.59. The van der Waals surface area contributed by atoms with Crippen molar-refractivity contribution >= 4 is 5.69 Å². The lowest BCUT2D eigenvalue weighted by Crippen LogP contribution is -2.31. The molecule has 1 aliphatic carbocycles. The van der Waals surface area contributed by atoms with Crippen molar-refractivity contribution < 1.29 is 1.37 Å². The molecule has 0 N–H and O–H groups in total. The van der Waals surface area contributed by atoms with Gasteiger partial charge in [0.05, 0.1) is 0 Å². The van der Waals surface area contributed by atoms with Crippen molar-refractivity contribution in [3.05, 3.63) is 88.4 Å². The number of hydrogen-bond donors (Lipinski definition) is 0. The molecule has 2 atom stereocenters. The second-order valence-electron chi connectivity index (χ2n) is 8.93. The summed E-state index contributed by atoms with van der Waals surface area (Å²) in [6, 6.07) is 15.3. The van der Waals surface area contributed by atoms with Gasteiger partial charge in [-0.1, -0.05) is 55.3 Å². The van der Waals surface area contributed by atoms with Gasteiger partial charge >= 0.3 is 0 Å². The van der Waals surface area contributed by atoms with Crippen LogP contribution in [0.2, 0.25) is 0 Å². The third-order valence-electron chi connectivity index (χ3n) is 7.13. The summed E-state index contributed by atoms with van der Waals surface area (Å²) in [5, 5.41) is 0. The van der Waals surface area contributed by atoms with Gasteiger partial charge in [-0.15, -0.1) is 0 Å². The van der Waals surface area contributed by atoms with Gasteiger partial charge < -0.3 is 9.80 Å². The van der Waals surface area contributed by atoms with Crippen LogP contribution < -0.4 is 4.90 Å². The van der Waals surface area contributed by atoms with Gasteiger partial charge in [0.25, 0.3) is 0 Å². The van der Waals surface area contributed by atoms with E-state index in [9.17, 15) is 1.37 Å². The summed E-state index contributed by atoms with van der Waals surface area (Å²) in [7, 11) is 0. The predicted octanol–water partition coefficient (Wildman–Crippen LogP) is 7.00. The van der Waals surface area contributed by atoms with Gasteiger partial charge in [0.15, 0.2) is 0 Å². The molecule has 2 aliphatic heterocycles. The maximum atomic E-state index is 9.59. The minimum absolute atomic E-state index is 0.0622. The highest BCUT2D eigenvalue weighted by Gasteiger charge is 2.45. The van der Waals surface area contributed by atoms with E-state index in [1.165, 1.54) is 52.2 Å². The average Bonchev–Trinajstić information content (AvgIpc) is 3.42. The van der Waals surface area contributed by atoms with E-state index >= 15 is 0 Å². The van der Waals surface area contributed by atoms with Crippen LogP contribution in [-0.4, -0.2) is 4.90 Å².